The van der Waals surface area contributed by atoms with E-state index in [1.807, 2.05) is 19.3 Å². The van der Waals surface area contributed by atoms with Gasteiger partial charge in [0.2, 0.25) is 0 Å². The third-order valence-electron chi connectivity index (χ3n) is 2.32. The summed E-state index contributed by atoms with van der Waals surface area (Å²) in [6.45, 7) is 0.770. The molecule has 0 aliphatic carbocycles. The third-order valence-corrected chi connectivity index (χ3v) is 2.32. The SMILES string of the molecule is Cn1ccc(C(N)C2=CCCCO2)n1. The fraction of sp³-hybridized carbons (Fsp3) is 0.500. The normalized spacial score (nSPS) is 18.6. The molecular weight excluding hydrogens is 178 g/mol. The zero-order valence-corrected chi connectivity index (χ0v) is 8.31. The summed E-state index contributed by atoms with van der Waals surface area (Å²) in [5.74, 6) is 0.856. The summed E-state index contributed by atoms with van der Waals surface area (Å²) in [7, 11) is 1.88. The maximum Gasteiger partial charge on any atom is 0.115 e. The molecule has 4 heteroatoms. The Morgan fingerprint density at radius 1 is 1.64 bits per heavy atom. The Morgan fingerprint density at radius 2 is 2.50 bits per heavy atom. The van der Waals surface area contributed by atoms with Gasteiger partial charge in [0.05, 0.1) is 12.3 Å². The van der Waals surface area contributed by atoms with Gasteiger partial charge >= 0.3 is 0 Å². The van der Waals surface area contributed by atoms with Crippen LogP contribution in [-0.2, 0) is 11.8 Å². The molecule has 0 bridgehead atoms. The molecule has 1 aromatic rings. The second kappa shape index (κ2) is 3.84. The minimum Gasteiger partial charge on any atom is -0.496 e. The van der Waals surface area contributed by atoms with E-state index in [9.17, 15) is 0 Å². The van der Waals surface area contributed by atoms with Gasteiger partial charge in [-0.05, 0) is 25.0 Å². The summed E-state index contributed by atoms with van der Waals surface area (Å²) in [6.07, 6.45) is 6.08. The highest BCUT2D eigenvalue weighted by atomic mass is 16.5. The highest BCUT2D eigenvalue weighted by Crippen LogP contribution is 2.22. The van der Waals surface area contributed by atoms with Crippen molar-refractivity contribution in [3.8, 4) is 0 Å². The maximum atomic E-state index is 6.01. The number of aryl methyl sites for hydroxylation is 1. The highest BCUT2D eigenvalue weighted by molar-refractivity contribution is 5.17. The summed E-state index contributed by atoms with van der Waals surface area (Å²) in [4.78, 5) is 0. The van der Waals surface area contributed by atoms with E-state index in [1.165, 1.54) is 0 Å². The molecule has 1 aliphatic rings. The van der Waals surface area contributed by atoms with Gasteiger partial charge in [-0.15, -0.1) is 0 Å². The molecular formula is C10H15N3O. The second-order valence-electron chi connectivity index (χ2n) is 3.49. The number of nitrogens with two attached hydrogens (primary N) is 1. The number of hydrogen-bond donors (Lipinski definition) is 1. The Hall–Kier alpha value is -1.29. The minimum atomic E-state index is -0.212. The third kappa shape index (κ3) is 1.80. The molecule has 0 radical (unpaired) electrons. The van der Waals surface area contributed by atoms with Crippen molar-refractivity contribution in [3.05, 3.63) is 29.8 Å². The van der Waals surface area contributed by atoms with Crippen molar-refractivity contribution in [2.24, 2.45) is 12.8 Å². The van der Waals surface area contributed by atoms with Crippen LogP contribution < -0.4 is 5.73 Å². The highest BCUT2D eigenvalue weighted by Gasteiger charge is 2.17. The second-order valence-corrected chi connectivity index (χ2v) is 3.49. The van der Waals surface area contributed by atoms with E-state index < -0.39 is 0 Å². The molecule has 1 aliphatic heterocycles. The zero-order valence-electron chi connectivity index (χ0n) is 8.31. The fourth-order valence-corrected chi connectivity index (χ4v) is 1.54. The van der Waals surface area contributed by atoms with Crippen molar-refractivity contribution in [2.75, 3.05) is 6.61 Å². The first-order chi connectivity index (χ1) is 6.77. The largest absolute Gasteiger partial charge is 0.496 e. The summed E-state index contributed by atoms with van der Waals surface area (Å²) in [5.41, 5.74) is 6.88. The van der Waals surface area contributed by atoms with Crippen LogP contribution in [0, 0.1) is 0 Å². The molecule has 0 saturated heterocycles. The van der Waals surface area contributed by atoms with E-state index in [0.29, 0.717) is 0 Å². The van der Waals surface area contributed by atoms with Crippen LogP contribution in [0.25, 0.3) is 0 Å². The van der Waals surface area contributed by atoms with E-state index in [2.05, 4.69) is 11.2 Å². The van der Waals surface area contributed by atoms with E-state index in [-0.39, 0.29) is 6.04 Å². The molecule has 14 heavy (non-hydrogen) atoms. The molecule has 0 amide bonds. The first-order valence-electron chi connectivity index (χ1n) is 4.85. The standard InChI is InChI=1S/C10H15N3O/c1-13-6-5-8(12-13)10(11)9-4-2-3-7-14-9/h4-6,10H,2-3,7,11H2,1H3. The summed E-state index contributed by atoms with van der Waals surface area (Å²) in [6, 6.07) is 1.71. The smallest absolute Gasteiger partial charge is 0.115 e. The lowest BCUT2D eigenvalue weighted by Crippen LogP contribution is -2.18. The predicted molar refractivity (Wildman–Crippen MR) is 53.4 cm³/mol. The van der Waals surface area contributed by atoms with Crippen LogP contribution in [0.5, 0.6) is 0 Å². The van der Waals surface area contributed by atoms with Crippen molar-refractivity contribution in [3.63, 3.8) is 0 Å². The fourth-order valence-electron chi connectivity index (χ4n) is 1.54. The minimum absolute atomic E-state index is 0.212. The van der Waals surface area contributed by atoms with Crippen LogP contribution in [0.2, 0.25) is 0 Å². The Labute approximate surface area is 83.4 Å². The van der Waals surface area contributed by atoms with Crippen molar-refractivity contribution in [2.45, 2.75) is 18.9 Å². The average molecular weight is 193 g/mol. The predicted octanol–water partition coefficient (Wildman–Crippen LogP) is 1.11. The molecule has 2 heterocycles. The van der Waals surface area contributed by atoms with Crippen molar-refractivity contribution < 1.29 is 4.74 Å². The van der Waals surface area contributed by atoms with E-state index >= 15 is 0 Å². The lowest BCUT2D eigenvalue weighted by molar-refractivity contribution is 0.175. The van der Waals surface area contributed by atoms with Gasteiger partial charge in [-0.2, -0.15) is 5.10 Å². The monoisotopic (exact) mass is 193 g/mol. The van der Waals surface area contributed by atoms with Crippen molar-refractivity contribution in [1.29, 1.82) is 0 Å². The van der Waals surface area contributed by atoms with Gasteiger partial charge in [0.25, 0.3) is 0 Å². The first-order valence-corrected chi connectivity index (χ1v) is 4.85. The summed E-state index contributed by atoms with van der Waals surface area (Å²) in [5, 5.41) is 4.26. The number of aromatic nitrogens is 2. The molecule has 76 valence electrons. The van der Waals surface area contributed by atoms with Gasteiger partial charge in [0, 0.05) is 13.2 Å². The maximum absolute atomic E-state index is 6.01. The number of ether oxygens (including phenoxy) is 1. The number of nitrogens with zero attached hydrogens (tertiary/aromatic N) is 2. The van der Waals surface area contributed by atoms with Crippen LogP contribution in [0.1, 0.15) is 24.6 Å². The Morgan fingerprint density at radius 3 is 3.07 bits per heavy atom. The lowest BCUT2D eigenvalue weighted by Gasteiger charge is -2.19. The molecule has 0 saturated carbocycles. The van der Waals surface area contributed by atoms with Gasteiger partial charge in [0.1, 0.15) is 11.8 Å². The molecule has 4 nitrogen and oxygen atoms in total. The van der Waals surface area contributed by atoms with Gasteiger partial charge in [-0.3, -0.25) is 4.68 Å². The Bertz CT molecular complexity index is 343. The Balaban J connectivity index is 2.14. The van der Waals surface area contributed by atoms with Crippen molar-refractivity contribution in [1.82, 2.24) is 9.78 Å². The summed E-state index contributed by atoms with van der Waals surface area (Å²) < 4.78 is 7.24. The van der Waals surface area contributed by atoms with Crippen LogP contribution in [0.3, 0.4) is 0 Å². The number of hydrogen-bond acceptors (Lipinski definition) is 3. The van der Waals surface area contributed by atoms with Crippen LogP contribution in [0.4, 0.5) is 0 Å². The van der Waals surface area contributed by atoms with Gasteiger partial charge in [-0.25, -0.2) is 0 Å². The molecule has 1 atom stereocenters. The molecule has 2 N–H and O–H groups in total. The molecule has 0 fully saturated rings. The molecule has 1 unspecified atom stereocenters. The quantitative estimate of drug-likeness (QED) is 0.765. The zero-order chi connectivity index (χ0) is 9.97. The molecule has 0 aromatic carbocycles. The molecule has 2 rings (SSSR count). The first kappa shape index (κ1) is 9.27. The van der Waals surface area contributed by atoms with Crippen molar-refractivity contribution >= 4 is 0 Å². The lowest BCUT2D eigenvalue weighted by atomic mass is 10.1. The Kier molecular flexibility index (Phi) is 2.54. The molecule has 1 aromatic heterocycles. The van der Waals surface area contributed by atoms with E-state index in [4.69, 9.17) is 10.5 Å². The topological polar surface area (TPSA) is 53.1 Å². The van der Waals surface area contributed by atoms with Gasteiger partial charge < -0.3 is 10.5 Å². The van der Waals surface area contributed by atoms with E-state index in [0.717, 1.165) is 30.9 Å². The summed E-state index contributed by atoms with van der Waals surface area (Å²) >= 11 is 0. The number of allylic oxidation sites excluding steroid dienone is 1. The van der Waals surface area contributed by atoms with Crippen LogP contribution in [0.15, 0.2) is 24.1 Å². The molecule has 0 spiro atoms. The van der Waals surface area contributed by atoms with Gasteiger partial charge in [0.15, 0.2) is 0 Å². The van der Waals surface area contributed by atoms with E-state index in [1.54, 1.807) is 4.68 Å². The van der Waals surface area contributed by atoms with Crippen LogP contribution >= 0.6 is 0 Å². The van der Waals surface area contributed by atoms with Gasteiger partial charge in [-0.1, -0.05) is 0 Å². The van der Waals surface area contributed by atoms with Crippen LogP contribution in [-0.4, -0.2) is 16.4 Å². The number of rotatable bonds is 2. The average Bonchev–Trinajstić information content (AvgIpc) is 2.65.